The molecule has 4 nitrogen and oxygen atoms in total. The maximum Gasteiger partial charge on any atom is 0.0483 e. The van der Waals surface area contributed by atoms with E-state index in [4.69, 9.17) is 5.73 Å². The topological polar surface area (TPSA) is 37.4 Å². The molecule has 2 N–H and O–H groups in total. The van der Waals surface area contributed by atoms with E-state index in [2.05, 4.69) is 58.8 Å². The molecule has 0 amide bonds. The molecule has 1 atom stereocenters. The minimum absolute atomic E-state index is 0.465. The zero-order valence-electron chi connectivity index (χ0n) is 13.1. The first-order chi connectivity index (χ1) is 10.2. The summed E-state index contributed by atoms with van der Waals surface area (Å²) in [6.45, 7) is 8.26. The fraction of sp³-hybridized carbons (Fsp3) is 0.529. The Morgan fingerprint density at radius 2 is 2.05 bits per heavy atom. The lowest BCUT2D eigenvalue weighted by Crippen LogP contribution is -2.54. The van der Waals surface area contributed by atoms with Gasteiger partial charge in [-0.05, 0) is 25.6 Å². The van der Waals surface area contributed by atoms with Crippen LogP contribution in [0, 0.1) is 0 Å². The lowest BCUT2D eigenvalue weighted by Gasteiger charge is -2.39. The standard InChI is InChI=1S/C17H26N4/c1-3-20-11-14(16-6-4-5-7-17(16)20)12-21-9-8-19(2)13-15(21)10-18/h4-7,11,15H,3,8-10,12-13,18H2,1-2H3. The Morgan fingerprint density at radius 3 is 2.81 bits per heavy atom. The van der Waals surface area contributed by atoms with Crippen molar-refractivity contribution in [2.24, 2.45) is 5.73 Å². The van der Waals surface area contributed by atoms with E-state index in [1.807, 2.05) is 0 Å². The Morgan fingerprint density at radius 1 is 1.24 bits per heavy atom. The molecular formula is C17H26N4. The Kier molecular flexibility index (Phi) is 4.29. The van der Waals surface area contributed by atoms with Crippen molar-refractivity contribution in [3.05, 3.63) is 36.0 Å². The molecule has 3 rings (SSSR count). The van der Waals surface area contributed by atoms with Gasteiger partial charge in [0, 0.05) is 62.4 Å². The van der Waals surface area contributed by atoms with Crippen LogP contribution in [0.4, 0.5) is 0 Å². The van der Waals surface area contributed by atoms with Crippen molar-refractivity contribution in [1.29, 1.82) is 0 Å². The van der Waals surface area contributed by atoms with Gasteiger partial charge in [-0.2, -0.15) is 0 Å². The minimum Gasteiger partial charge on any atom is -0.347 e. The molecule has 0 bridgehead atoms. The number of hydrogen-bond donors (Lipinski definition) is 1. The van der Waals surface area contributed by atoms with Gasteiger partial charge in [0.2, 0.25) is 0 Å². The third-order valence-corrected chi connectivity index (χ3v) is 4.67. The first-order valence-electron chi connectivity index (χ1n) is 7.92. The van der Waals surface area contributed by atoms with Gasteiger partial charge in [0.05, 0.1) is 0 Å². The Bertz CT molecular complexity index is 604. The van der Waals surface area contributed by atoms with Crippen LogP contribution < -0.4 is 5.73 Å². The molecule has 1 aromatic heterocycles. The average Bonchev–Trinajstić information content (AvgIpc) is 2.87. The highest BCUT2D eigenvalue weighted by Gasteiger charge is 2.24. The fourth-order valence-electron chi connectivity index (χ4n) is 3.41. The quantitative estimate of drug-likeness (QED) is 0.930. The van der Waals surface area contributed by atoms with Crippen LogP contribution >= 0.6 is 0 Å². The van der Waals surface area contributed by atoms with Crippen LogP contribution in [0.3, 0.4) is 0 Å². The summed E-state index contributed by atoms with van der Waals surface area (Å²) in [6.07, 6.45) is 2.32. The maximum absolute atomic E-state index is 5.98. The van der Waals surface area contributed by atoms with Crippen LogP contribution in [-0.2, 0) is 13.1 Å². The van der Waals surface area contributed by atoms with Crippen molar-refractivity contribution >= 4 is 10.9 Å². The van der Waals surface area contributed by atoms with E-state index in [0.29, 0.717) is 6.04 Å². The zero-order valence-corrected chi connectivity index (χ0v) is 13.1. The van der Waals surface area contributed by atoms with Crippen LogP contribution in [-0.4, -0.2) is 53.6 Å². The normalized spacial score (nSPS) is 21.2. The van der Waals surface area contributed by atoms with E-state index in [9.17, 15) is 0 Å². The molecule has 0 radical (unpaired) electrons. The summed E-state index contributed by atoms with van der Waals surface area (Å²) in [4.78, 5) is 4.92. The average molecular weight is 286 g/mol. The van der Waals surface area contributed by atoms with Gasteiger partial charge in [-0.15, -0.1) is 0 Å². The number of nitrogens with zero attached hydrogens (tertiary/aromatic N) is 3. The summed E-state index contributed by atoms with van der Waals surface area (Å²) >= 11 is 0. The summed E-state index contributed by atoms with van der Waals surface area (Å²) in [7, 11) is 2.18. The molecule has 0 aliphatic carbocycles. The number of para-hydroxylation sites is 1. The number of nitrogens with two attached hydrogens (primary N) is 1. The molecule has 21 heavy (non-hydrogen) atoms. The van der Waals surface area contributed by atoms with Gasteiger partial charge in [-0.25, -0.2) is 0 Å². The predicted molar refractivity (Wildman–Crippen MR) is 88.4 cm³/mol. The second-order valence-corrected chi connectivity index (χ2v) is 6.08. The number of piperazine rings is 1. The van der Waals surface area contributed by atoms with Crippen LogP contribution in [0.2, 0.25) is 0 Å². The Hall–Kier alpha value is -1.36. The van der Waals surface area contributed by atoms with Crippen LogP contribution in [0.1, 0.15) is 12.5 Å². The summed E-state index contributed by atoms with van der Waals surface area (Å²) < 4.78 is 2.35. The second kappa shape index (κ2) is 6.18. The van der Waals surface area contributed by atoms with Gasteiger partial charge in [0.1, 0.15) is 0 Å². The first kappa shape index (κ1) is 14.6. The van der Waals surface area contributed by atoms with Gasteiger partial charge < -0.3 is 15.2 Å². The van der Waals surface area contributed by atoms with E-state index in [-0.39, 0.29) is 0 Å². The molecule has 1 fully saturated rings. The van der Waals surface area contributed by atoms with Gasteiger partial charge in [0.25, 0.3) is 0 Å². The molecule has 4 heteroatoms. The number of benzene rings is 1. The molecule has 1 saturated heterocycles. The summed E-state index contributed by atoms with van der Waals surface area (Å²) in [6, 6.07) is 9.18. The molecule has 2 heterocycles. The van der Waals surface area contributed by atoms with Gasteiger partial charge in [0.15, 0.2) is 0 Å². The third-order valence-electron chi connectivity index (χ3n) is 4.67. The minimum atomic E-state index is 0.465. The number of fused-ring (bicyclic) bond motifs is 1. The Labute approximate surface area is 127 Å². The molecule has 0 saturated carbocycles. The highest BCUT2D eigenvalue weighted by Crippen LogP contribution is 2.24. The van der Waals surface area contributed by atoms with E-state index < -0.39 is 0 Å². The third kappa shape index (κ3) is 2.84. The molecule has 114 valence electrons. The van der Waals surface area contributed by atoms with Crippen molar-refractivity contribution in [2.45, 2.75) is 26.1 Å². The summed E-state index contributed by atoms with van der Waals surface area (Å²) in [5.74, 6) is 0. The predicted octanol–water partition coefficient (Wildman–Crippen LogP) is 1.74. The van der Waals surface area contributed by atoms with E-state index in [0.717, 1.165) is 39.3 Å². The zero-order chi connectivity index (χ0) is 14.8. The Balaban J connectivity index is 1.87. The molecule has 2 aromatic rings. The molecular weight excluding hydrogens is 260 g/mol. The fourth-order valence-corrected chi connectivity index (χ4v) is 3.41. The van der Waals surface area contributed by atoms with Crippen molar-refractivity contribution in [2.75, 3.05) is 33.2 Å². The molecule has 1 aliphatic rings. The van der Waals surface area contributed by atoms with Crippen LogP contribution in [0.5, 0.6) is 0 Å². The van der Waals surface area contributed by atoms with Crippen molar-refractivity contribution in [3.63, 3.8) is 0 Å². The molecule has 0 spiro atoms. The van der Waals surface area contributed by atoms with Crippen molar-refractivity contribution in [1.82, 2.24) is 14.4 Å². The molecule has 1 unspecified atom stereocenters. The van der Waals surface area contributed by atoms with Crippen molar-refractivity contribution < 1.29 is 0 Å². The van der Waals surface area contributed by atoms with Crippen molar-refractivity contribution in [3.8, 4) is 0 Å². The largest absolute Gasteiger partial charge is 0.347 e. The van der Waals surface area contributed by atoms with Gasteiger partial charge in [-0.1, -0.05) is 18.2 Å². The SMILES string of the molecule is CCn1cc(CN2CCN(C)CC2CN)c2ccccc21. The van der Waals surface area contributed by atoms with Crippen LogP contribution in [0.25, 0.3) is 10.9 Å². The number of rotatable bonds is 4. The summed E-state index contributed by atoms with van der Waals surface area (Å²) in [5, 5.41) is 1.38. The smallest absolute Gasteiger partial charge is 0.0483 e. The number of aryl methyl sites for hydroxylation is 1. The lowest BCUT2D eigenvalue weighted by molar-refractivity contribution is 0.0884. The number of hydrogen-bond acceptors (Lipinski definition) is 3. The number of likely N-dealkylation sites (N-methyl/N-ethyl adjacent to an activating group) is 1. The van der Waals surface area contributed by atoms with Crippen LogP contribution in [0.15, 0.2) is 30.5 Å². The lowest BCUT2D eigenvalue weighted by atomic mass is 10.1. The highest BCUT2D eigenvalue weighted by atomic mass is 15.3. The van der Waals surface area contributed by atoms with E-state index >= 15 is 0 Å². The number of aromatic nitrogens is 1. The molecule has 1 aromatic carbocycles. The monoisotopic (exact) mass is 286 g/mol. The highest BCUT2D eigenvalue weighted by molar-refractivity contribution is 5.83. The second-order valence-electron chi connectivity index (χ2n) is 6.08. The van der Waals surface area contributed by atoms with Gasteiger partial charge in [-0.3, -0.25) is 4.90 Å². The van der Waals surface area contributed by atoms with E-state index in [1.165, 1.54) is 16.5 Å². The molecule has 1 aliphatic heterocycles. The first-order valence-corrected chi connectivity index (χ1v) is 7.92. The van der Waals surface area contributed by atoms with E-state index in [1.54, 1.807) is 0 Å². The maximum atomic E-state index is 5.98. The summed E-state index contributed by atoms with van der Waals surface area (Å²) in [5.41, 5.74) is 8.75. The van der Waals surface area contributed by atoms with Gasteiger partial charge >= 0.3 is 0 Å².